The zero-order chi connectivity index (χ0) is 3.58. The van der Waals surface area contributed by atoms with Crippen molar-refractivity contribution in [2.24, 2.45) is 0 Å². The zero-order valence-corrected chi connectivity index (χ0v) is 4.91. The minimum Gasteiger partial charge on any atom is -0.503 e. The van der Waals surface area contributed by atoms with Crippen LogP contribution in [0.3, 0.4) is 0 Å². The maximum absolute atomic E-state index is 8.89. The molecule has 0 aromatic heterocycles. The van der Waals surface area contributed by atoms with E-state index in [0.29, 0.717) is 0 Å². The fourth-order valence-corrected chi connectivity index (χ4v) is 0. The number of carboxylic acid groups (broad SMARTS) is 1. The molecule has 0 amide bonds. The third kappa shape index (κ3) is 5870. The Kier molecular flexibility index (Phi) is 24.8. The van der Waals surface area contributed by atoms with Crippen LogP contribution in [0.5, 0.6) is 0 Å². The number of carbonyl (C=O) groups is 1. The SMILES string of the molecule is [CH2-]C(=O)O.[CH3-].[V+2]. The molecule has 0 aromatic carbocycles. The average molecular weight is 125 g/mol. The van der Waals surface area contributed by atoms with Gasteiger partial charge in [0.25, 0.3) is 0 Å². The van der Waals surface area contributed by atoms with E-state index in [1.54, 1.807) is 0 Å². The third-order valence-electron chi connectivity index (χ3n) is 0. The van der Waals surface area contributed by atoms with Crippen molar-refractivity contribution in [1.82, 2.24) is 0 Å². The van der Waals surface area contributed by atoms with Crippen LogP contribution in [0, 0.1) is 14.4 Å². The van der Waals surface area contributed by atoms with Gasteiger partial charge in [-0.05, 0) is 0 Å². The molecule has 2 nitrogen and oxygen atoms in total. The number of hydrogen-bond acceptors (Lipinski definition) is 1. The smallest absolute Gasteiger partial charge is 0.503 e. The molecular weight excluding hydrogens is 119 g/mol. The summed E-state index contributed by atoms with van der Waals surface area (Å²) in [7, 11) is 0. The molecule has 0 atom stereocenters. The van der Waals surface area contributed by atoms with Crippen LogP contribution in [-0.2, 0) is 23.4 Å². The second-order valence-electron chi connectivity index (χ2n) is 0.394. The third-order valence-corrected chi connectivity index (χ3v) is 0. The van der Waals surface area contributed by atoms with Gasteiger partial charge < -0.3 is 12.5 Å². The maximum atomic E-state index is 8.89. The molecule has 6 heavy (non-hydrogen) atoms. The molecule has 0 fully saturated rings. The van der Waals surface area contributed by atoms with Gasteiger partial charge >= 0.3 is 18.6 Å². The normalized spacial score (nSPS) is 4.00. The fraction of sp³-hybridized carbons (Fsp3) is 0. The quantitative estimate of drug-likeness (QED) is 0.474. The van der Waals surface area contributed by atoms with Gasteiger partial charge in [0.1, 0.15) is 0 Å². The van der Waals surface area contributed by atoms with Crippen molar-refractivity contribution < 1.29 is 28.5 Å². The summed E-state index contributed by atoms with van der Waals surface area (Å²) in [6, 6.07) is 0. The van der Waals surface area contributed by atoms with E-state index in [-0.39, 0.29) is 26.0 Å². The first-order valence-electron chi connectivity index (χ1n) is 0.781. The molecule has 1 radical (unpaired) electrons. The molecule has 0 aliphatic heterocycles. The molecule has 0 aromatic rings. The molecule has 3 heteroatoms. The fourth-order valence-electron chi connectivity index (χ4n) is 0. The molecule has 0 unspecified atom stereocenters. The van der Waals surface area contributed by atoms with Crippen molar-refractivity contribution >= 4 is 5.97 Å². The summed E-state index contributed by atoms with van der Waals surface area (Å²) < 4.78 is 0. The van der Waals surface area contributed by atoms with Crippen molar-refractivity contribution in [2.75, 3.05) is 0 Å². The Morgan fingerprint density at radius 2 is 1.67 bits per heavy atom. The Morgan fingerprint density at radius 3 is 1.67 bits per heavy atom. The van der Waals surface area contributed by atoms with E-state index in [0.717, 1.165) is 0 Å². The summed E-state index contributed by atoms with van der Waals surface area (Å²) in [6.07, 6.45) is 0. The summed E-state index contributed by atoms with van der Waals surface area (Å²) in [4.78, 5) is 8.89. The molecule has 0 aliphatic rings. The Bertz CT molecular complexity index is 31.8. The van der Waals surface area contributed by atoms with Crippen molar-refractivity contribution in [3.05, 3.63) is 14.4 Å². The molecule has 1 N–H and O–H groups in total. The second-order valence-corrected chi connectivity index (χ2v) is 0.394. The van der Waals surface area contributed by atoms with Gasteiger partial charge in [0.2, 0.25) is 0 Å². The topological polar surface area (TPSA) is 37.3 Å². The van der Waals surface area contributed by atoms with Crippen LogP contribution >= 0.6 is 0 Å². The summed E-state index contributed by atoms with van der Waals surface area (Å²) >= 11 is 0. The van der Waals surface area contributed by atoms with Gasteiger partial charge in [-0.25, -0.2) is 0 Å². The summed E-state index contributed by atoms with van der Waals surface area (Å²) in [5.74, 6) is -1.08. The Balaban J connectivity index is -0.0000000450. The van der Waals surface area contributed by atoms with Crippen molar-refractivity contribution in [3.8, 4) is 0 Å². The van der Waals surface area contributed by atoms with E-state index in [4.69, 9.17) is 9.90 Å². The van der Waals surface area contributed by atoms with Gasteiger partial charge in [0.15, 0.2) is 5.97 Å². The molecule has 0 spiro atoms. The largest absolute Gasteiger partial charge is 2.00 e. The monoisotopic (exact) mass is 125 g/mol. The number of aliphatic carboxylic acids is 1. The molecule has 0 saturated heterocycles. The van der Waals surface area contributed by atoms with E-state index >= 15 is 0 Å². The van der Waals surface area contributed by atoms with Crippen LogP contribution in [0.15, 0.2) is 0 Å². The van der Waals surface area contributed by atoms with E-state index in [2.05, 4.69) is 6.92 Å². The van der Waals surface area contributed by atoms with Crippen molar-refractivity contribution in [3.63, 3.8) is 0 Å². The molecule has 35 valence electrons. The molecule has 0 aliphatic carbocycles. The van der Waals surface area contributed by atoms with E-state index < -0.39 is 5.97 Å². The first-order valence-corrected chi connectivity index (χ1v) is 0.781. The zero-order valence-electron chi connectivity index (χ0n) is 3.51. The van der Waals surface area contributed by atoms with E-state index in [1.807, 2.05) is 0 Å². The molecule has 0 bridgehead atoms. The van der Waals surface area contributed by atoms with Gasteiger partial charge in [0.05, 0.1) is 0 Å². The number of hydrogen-bond donors (Lipinski definition) is 1. The van der Waals surface area contributed by atoms with Gasteiger partial charge in [-0.2, -0.15) is 0 Å². The molecular formula is C3H6O2V. The summed E-state index contributed by atoms with van der Waals surface area (Å²) in [5.41, 5.74) is 0. The summed E-state index contributed by atoms with van der Waals surface area (Å²) in [5, 5.41) is 7.31. The standard InChI is InChI=1S/C2H3O2.CH3.V/c1-2(3)4;;/h1H2,(H,3,4);1H3;/q2*-1;+2. The van der Waals surface area contributed by atoms with Crippen LogP contribution in [0.25, 0.3) is 0 Å². The number of rotatable bonds is 0. The number of carboxylic acids is 1. The predicted octanol–water partition coefficient (Wildman–Crippen LogP) is 0.353. The second kappa shape index (κ2) is 8.87. The van der Waals surface area contributed by atoms with Crippen LogP contribution in [0.4, 0.5) is 0 Å². The van der Waals surface area contributed by atoms with Crippen molar-refractivity contribution in [1.29, 1.82) is 0 Å². The maximum Gasteiger partial charge on any atom is 2.00 e. The minimum absolute atomic E-state index is 0. The van der Waals surface area contributed by atoms with Crippen LogP contribution in [0.2, 0.25) is 0 Å². The molecule has 0 saturated carbocycles. The first kappa shape index (κ1) is 16.8. The van der Waals surface area contributed by atoms with Crippen LogP contribution in [0.1, 0.15) is 0 Å². The molecule has 0 rings (SSSR count). The Labute approximate surface area is 49.4 Å². The van der Waals surface area contributed by atoms with Crippen LogP contribution < -0.4 is 0 Å². The Morgan fingerprint density at radius 1 is 1.67 bits per heavy atom. The Hall–Kier alpha value is -0.0756. The average Bonchev–Trinajstić information content (AvgIpc) is 0.811. The van der Waals surface area contributed by atoms with Gasteiger partial charge in [-0.3, -0.25) is 11.7 Å². The van der Waals surface area contributed by atoms with E-state index in [9.17, 15) is 0 Å². The van der Waals surface area contributed by atoms with Crippen LogP contribution in [-0.4, -0.2) is 11.1 Å². The van der Waals surface area contributed by atoms with Gasteiger partial charge in [-0.15, -0.1) is 0 Å². The summed E-state index contributed by atoms with van der Waals surface area (Å²) in [6.45, 7) is 2.56. The van der Waals surface area contributed by atoms with Crippen molar-refractivity contribution in [2.45, 2.75) is 0 Å². The molecule has 0 heterocycles. The minimum atomic E-state index is -1.08. The van der Waals surface area contributed by atoms with Gasteiger partial charge in [0, 0.05) is 0 Å². The first-order chi connectivity index (χ1) is 1.73. The van der Waals surface area contributed by atoms with Gasteiger partial charge in [-0.1, -0.05) is 0 Å². The predicted molar refractivity (Wildman–Crippen MR) is 19.4 cm³/mol. The van der Waals surface area contributed by atoms with E-state index in [1.165, 1.54) is 0 Å².